The standard InChI is InChI=1S/C21H18N2O4/c1-11-5-6-12(2)18-16(11)10-17(26-18)19-22-20(27-23-19)14-7-8-15(13(3)9-14)21(24)25-4/h5-10H,1-4H3. The summed E-state index contributed by atoms with van der Waals surface area (Å²) in [6, 6.07) is 11.3. The van der Waals surface area contributed by atoms with E-state index in [-0.39, 0.29) is 5.97 Å². The van der Waals surface area contributed by atoms with Gasteiger partial charge >= 0.3 is 5.97 Å². The molecule has 27 heavy (non-hydrogen) atoms. The van der Waals surface area contributed by atoms with E-state index in [4.69, 9.17) is 13.7 Å². The third-order valence-electron chi connectivity index (χ3n) is 4.62. The summed E-state index contributed by atoms with van der Waals surface area (Å²) in [5, 5.41) is 5.09. The number of nitrogens with zero attached hydrogens (tertiary/aromatic N) is 2. The van der Waals surface area contributed by atoms with Crippen LogP contribution < -0.4 is 0 Å². The molecule has 2 aromatic carbocycles. The molecule has 0 aliphatic heterocycles. The molecule has 0 bridgehead atoms. The van der Waals surface area contributed by atoms with Gasteiger partial charge in [-0.25, -0.2) is 4.79 Å². The van der Waals surface area contributed by atoms with Crippen molar-refractivity contribution >= 4 is 16.9 Å². The Labute approximate surface area is 155 Å². The van der Waals surface area contributed by atoms with Gasteiger partial charge in [0, 0.05) is 10.9 Å². The summed E-state index contributed by atoms with van der Waals surface area (Å²) < 4.78 is 16.1. The first kappa shape index (κ1) is 17.0. The van der Waals surface area contributed by atoms with Gasteiger partial charge < -0.3 is 13.7 Å². The second-order valence-electron chi connectivity index (χ2n) is 6.50. The molecule has 0 spiro atoms. The molecule has 0 fully saturated rings. The molecular weight excluding hydrogens is 344 g/mol. The van der Waals surface area contributed by atoms with Crippen molar-refractivity contribution in [2.75, 3.05) is 7.11 Å². The van der Waals surface area contributed by atoms with Crippen LogP contribution in [-0.2, 0) is 4.74 Å². The highest BCUT2D eigenvalue weighted by Gasteiger charge is 2.17. The monoisotopic (exact) mass is 362 g/mol. The molecule has 0 unspecified atom stereocenters. The Kier molecular flexibility index (Phi) is 4.03. The lowest BCUT2D eigenvalue weighted by molar-refractivity contribution is 0.0600. The highest BCUT2D eigenvalue weighted by atomic mass is 16.5. The molecule has 0 aliphatic rings. The fourth-order valence-corrected chi connectivity index (χ4v) is 3.08. The molecule has 6 heteroatoms. The first-order chi connectivity index (χ1) is 13.0. The van der Waals surface area contributed by atoms with Gasteiger partial charge in [-0.2, -0.15) is 4.98 Å². The van der Waals surface area contributed by atoms with E-state index < -0.39 is 0 Å². The lowest BCUT2D eigenvalue weighted by atomic mass is 10.1. The number of ether oxygens (including phenoxy) is 1. The molecule has 2 aromatic heterocycles. The Morgan fingerprint density at radius 1 is 1.00 bits per heavy atom. The van der Waals surface area contributed by atoms with Crippen LogP contribution in [-0.4, -0.2) is 23.2 Å². The molecule has 136 valence electrons. The molecule has 0 aliphatic carbocycles. The van der Waals surface area contributed by atoms with E-state index in [0.29, 0.717) is 23.0 Å². The van der Waals surface area contributed by atoms with Gasteiger partial charge in [-0.1, -0.05) is 17.3 Å². The third-order valence-corrected chi connectivity index (χ3v) is 4.62. The van der Waals surface area contributed by atoms with Crippen molar-refractivity contribution in [3.8, 4) is 23.0 Å². The number of carbonyl (C=O) groups is 1. The highest BCUT2D eigenvalue weighted by molar-refractivity contribution is 5.91. The number of hydrogen-bond acceptors (Lipinski definition) is 6. The maximum atomic E-state index is 11.7. The SMILES string of the molecule is COC(=O)c1ccc(-c2nc(-c3cc4c(C)ccc(C)c4o3)no2)cc1C. The lowest BCUT2D eigenvalue weighted by Crippen LogP contribution is -2.03. The second kappa shape index (κ2) is 6.39. The van der Waals surface area contributed by atoms with Crippen molar-refractivity contribution < 1.29 is 18.5 Å². The quantitative estimate of drug-likeness (QED) is 0.484. The van der Waals surface area contributed by atoms with Crippen molar-refractivity contribution in [2.24, 2.45) is 0 Å². The van der Waals surface area contributed by atoms with Crippen molar-refractivity contribution in [1.82, 2.24) is 10.1 Å². The Balaban J connectivity index is 1.72. The average Bonchev–Trinajstić information content (AvgIpc) is 3.31. The zero-order chi connectivity index (χ0) is 19.1. The number of benzene rings is 2. The molecule has 0 N–H and O–H groups in total. The van der Waals surface area contributed by atoms with Crippen molar-refractivity contribution in [2.45, 2.75) is 20.8 Å². The molecule has 6 nitrogen and oxygen atoms in total. The minimum absolute atomic E-state index is 0.360. The zero-order valence-corrected chi connectivity index (χ0v) is 15.5. The first-order valence-electron chi connectivity index (χ1n) is 8.51. The molecule has 4 aromatic rings. The van der Waals surface area contributed by atoms with Crippen LogP contribution in [0.25, 0.3) is 34.0 Å². The Hall–Kier alpha value is -3.41. The van der Waals surface area contributed by atoms with Crippen LogP contribution >= 0.6 is 0 Å². The van der Waals surface area contributed by atoms with Crippen LogP contribution in [0.15, 0.2) is 45.3 Å². The molecule has 0 saturated heterocycles. The van der Waals surface area contributed by atoms with E-state index in [0.717, 1.165) is 33.2 Å². The number of rotatable bonds is 3. The van der Waals surface area contributed by atoms with Crippen LogP contribution in [0.2, 0.25) is 0 Å². The number of carbonyl (C=O) groups excluding carboxylic acids is 1. The smallest absolute Gasteiger partial charge is 0.338 e. The second-order valence-corrected chi connectivity index (χ2v) is 6.50. The van der Waals surface area contributed by atoms with Gasteiger partial charge in [0.05, 0.1) is 12.7 Å². The minimum Gasteiger partial charge on any atom is -0.465 e. The van der Waals surface area contributed by atoms with Gasteiger partial charge in [0.1, 0.15) is 5.58 Å². The van der Waals surface area contributed by atoms with E-state index >= 15 is 0 Å². The Morgan fingerprint density at radius 3 is 2.48 bits per heavy atom. The molecule has 0 radical (unpaired) electrons. The van der Waals surface area contributed by atoms with Gasteiger partial charge in [0.15, 0.2) is 5.76 Å². The van der Waals surface area contributed by atoms with Gasteiger partial charge in [-0.3, -0.25) is 0 Å². The summed E-state index contributed by atoms with van der Waals surface area (Å²) in [4.78, 5) is 16.2. The van der Waals surface area contributed by atoms with E-state index in [1.54, 1.807) is 12.1 Å². The minimum atomic E-state index is -0.377. The topological polar surface area (TPSA) is 78.4 Å². The largest absolute Gasteiger partial charge is 0.465 e. The Morgan fingerprint density at radius 2 is 1.78 bits per heavy atom. The summed E-state index contributed by atoms with van der Waals surface area (Å²) in [6.07, 6.45) is 0. The maximum Gasteiger partial charge on any atom is 0.338 e. The van der Waals surface area contributed by atoms with Crippen molar-refractivity contribution in [3.05, 3.63) is 58.7 Å². The van der Waals surface area contributed by atoms with Crippen molar-refractivity contribution in [3.63, 3.8) is 0 Å². The fourth-order valence-electron chi connectivity index (χ4n) is 3.08. The van der Waals surface area contributed by atoms with E-state index in [1.807, 2.05) is 39.0 Å². The van der Waals surface area contributed by atoms with E-state index in [2.05, 4.69) is 16.2 Å². The number of furan rings is 1. The summed E-state index contributed by atoms with van der Waals surface area (Å²) in [6.45, 7) is 5.87. The summed E-state index contributed by atoms with van der Waals surface area (Å²) in [5.41, 5.74) is 5.01. The molecular formula is C21H18N2O4. The number of aryl methyl sites for hydroxylation is 3. The van der Waals surface area contributed by atoms with Crippen LogP contribution in [0.4, 0.5) is 0 Å². The van der Waals surface area contributed by atoms with Crippen LogP contribution in [0.3, 0.4) is 0 Å². The summed E-state index contributed by atoms with van der Waals surface area (Å²) in [5.74, 6) is 0.923. The third kappa shape index (κ3) is 2.89. The van der Waals surface area contributed by atoms with Crippen LogP contribution in [0, 0.1) is 20.8 Å². The fraction of sp³-hybridized carbons (Fsp3) is 0.190. The first-order valence-corrected chi connectivity index (χ1v) is 8.51. The zero-order valence-electron chi connectivity index (χ0n) is 15.5. The molecule has 2 heterocycles. The number of fused-ring (bicyclic) bond motifs is 1. The number of aromatic nitrogens is 2. The normalized spacial score (nSPS) is 11.1. The van der Waals surface area contributed by atoms with Gasteiger partial charge in [0.2, 0.25) is 5.82 Å². The number of methoxy groups -OCH3 is 1. The van der Waals surface area contributed by atoms with Gasteiger partial charge in [-0.15, -0.1) is 0 Å². The summed E-state index contributed by atoms with van der Waals surface area (Å²) >= 11 is 0. The highest BCUT2D eigenvalue weighted by Crippen LogP contribution is 2.31. The predicted molar refractivity (Wildman–Crippen MR) is 100 cm³/mol. The summed E-state index contributed by atoms with van der Waals surface area (Å²) in [7, 11) is 1.36. The molecule has 0 saturated carbocycles. The van der Waals surface area contributed by atoms with E-state index in [9.17, 15) is 4.79 Å². The van der Waals surface area contributed by atoms with Gasteiger partial charge in [-0.05, 0) is 61.7 Å². The predicted octanol–water partition coefficient (Wildman–Crippen LogP) is 4.86. The number of hydrogen-bond donors (Lipinski definition) is 0. The molecule has 4 rings (SSSR count). The lowest BCUT2D eigenvalue weighted by Gasteiger charge is -2.04. The van der Waals surface area contributed by atoms with E-state index in [1.165, 1.54) is 7.11 Å². The average molecular weight is 362 g/mol. The van der Waals surface area contributed by atoms with Gasteiger partial charge in [0.25, 0.3) is 5.89 Å². The maximum absolute atomic E-state index is 11.7. The van der Waals surface area contributed by atoms with Crippen LogP contribution in [0.5, 0.6) is 0 Å². The molecule has 0 amide bonds. The van der Waals surface area contributed by atoms with Crippen molar-refractivity contribution in [1.29, 1.82) is 0 Å². The molecule has 0 atom stereocenters. The Bertz CT molecular complexity index is 1130. The van der Waals surface area contributed by atoms with Crippen LogP contribution in [0.1, 0.15) is 27.0 Å². The number of esters is 1.